The Hall–Kier alpha value is -2.81. The maximum absolute atomic E-state index is 12.4. The molecule has 0 N–H and O–H groups in total. The lowest BCUT2D eigenvalue weighted by atomic mass is 10.3. The van der Waals surface area contributed by atoms with Gasteiger partial charge in [-0.2, -0.15) is 8.42 Å². The van der Waals surface area contributed by atoms with Gasteiger partial charge in [-0.25, -0.2) is 0 Å². The molecule has 8 nitrogen and oxygen atoms in total. The zero-order valence-corrected chi connectivity index (χ0v) is 13.2. The molecule has 0 fully saturated rings. The molecule has 0 unspecified atom stereocenters. The predicted molar refractivity (Wildman–Crippen MR) is 83.0 cm³/mol. The highest BCUT2D eigenvalue weighted by molar-refractivity contribution is 7.87. The number of ether oxygens (including phenoxy) is 2. The van der Waals surface area contributed by atoms with Gasteiger partial charge in [0.15, 0.2) is 11.5 Å². The van der Waals surface area contributed by atoms with Crippen LogP contribution in [0.5, 0.6) is 17.2 Å². The van der Waals surface area contributed by atoms with Crippen LogP contribution >= 0.6 is 0 Å². The van der Waals surface area contributed by atoms with Crippen molar-refractivity contribution in [3.63, 3.8) is 0 Å². The van der Waals surface area contributed by atoms with Crippen molar-refractivity contribution >= 4 is 15.8 Å². The normalized spacial score (nSPS) is 13.8. The lowest BCUT2D eigenvalue weighted by molar-refractivity contribution is -0.384. The Bertz CT molecular complexity index is 879. The van der Waals surface area contributed by atoms with Crippen LogP contribution in [0.4, 0.5) is 5.69 Å². The molecule has 0 atom stereocenters. The van der Waals surface area contributed by atoms with E-state index in [4.69, 9.17) is 13.7 Å². The molecule has 0 bridgehead atoms. The Balaban J connectivity index is 1.89. The van der Waals surface area contributed by atoms with Crippen molar-refractivity contribution in [2.45, 2.75) is 11.3 Å². The summed E-state index contributed by atoms with van der Waals surface area (Å²) in [6.07, 6.45) is 0.695. The third-order valence-corrected chi connectivity index (χ3v) is 4.49. The van der Waals surface area contributed by atoms with Crippen molar-refractivity contribution in [1.82, 2.24) is 0 Å². The molecule has 0 aromatic heterocycles. The van der Waals surface area contributed by atoms with Gasteiger partial charge in [0.1, 0.15) is 10.6 Å². The van der Waals surface area contributed by atoms with E-state index < -0.39 is 15.0 Å². The summed E-state index contributed by atoms with van der Waals surface area (Å²) in [5.41, 5.74) is -0.263. The number of non-ortho nitro benzene ring substituents is 1. The number of rotatable bonds is 4. The van der Waals surface area contributed by atoms with Crippen LogP contribution in [0.2, 0.25) is 0 Å². The van der Waals surface area contributed by atoms with Gasteiger partial charge in [-0.15, -0.1) is 0 Å². The van der Waals surface area contributed by atoms with E-state index in [9.17, 15) is 18.5 Å². The highest BCUT2D eigenvalue weighted by Crippen LogP contribution is 2.33. The molecule has 0 aliphatic carbocycles. The topological polar surface area (TPSA) is 105 Å². The SMILES string of the molecule is O=[N+]([O-])c1cccc(OS(=O)(=O)c2ccc3c(c2)OCCCO3)c1. The van der Waals surface area contributed by atoms with Crippen molar-refractivity contribution in [2.75, 3.05) is 13.2 Å². The van der Waals surface area contributed by atoms with E-state index in [-0.39, 0.29) is 16.3 Å². The lowest BCUT2D eigenvalue weighted by Gasteiger charge is -2.10. The molecule has 1 heterocycles. The molecule has 126 valence electrons. The van der Waals surface area contributed by atoms with Crippen LogP contribution in [-0.4, -0.2) is 26.6 Å². The maximum atomic E-state index is 12.4. The highest BCUT2D eigenvalue weighted by Gasteiger charge is 2.21. The first-order chi connectivity index (χ1) is 11.5. The molecule has 0 spiro atoms. The number of nitro benzene ring substituents is 1. The Morgan fingerprint density at radius 2 is 1.79 bits per heavy atom. The smallest absolute Gasteiger partial charge is 0.339 e. The largest absolute Gasteiger partial charge is 0.490 e. The van der Waals surface area contributed by atoms with Gasteiger partial charge in [0.05, 0.1) is 24.2 Å². The first-order valence-corrected chi connectivity index (χ1v) is 8.45. The number of hydrogen-bond acceptors (Lipinski definition) is 7. The third-order valence-electron chi connectivity index (χ3n) is 3.24. The summed E-state index contributed by atoms with van der Waals surface area (Å²) in [6.45, 7) is 0.908. The van der Waals surface area contributed by atoms with Crippen LogP contribution in [0.3, 0.4) is 0 Å². The minimum atomic E-state index is -4.16. The average Bonchev–Trinajstić information content (AvgIpc) is 2.79. The summed E-state index contributed by atoms with van der Waals surface area (Å²) in [5.74, 6) is 0.634. The highest BCUT2D eigenvalue weighted by atomic mass is 32.2. The van der Waals surface area contributed by atoms with Crippen LogP contribution in [0.1, 0.15) is 6.42 Å². The molecular formula is C15H13NO7S. The van der Waals surface area contributed by atoms with Gasteiger partial charge in [0.2, 0.25) is 0 Å². The van der Waals surface area contributed by atoms with Crippen molar-refractivity contribution < 1.29 is 27.0 Å². The average molecular weight is 351 g/mol. The third kappa shape index (κ3) is 3.40. The molecule has 2 aromatic rings. The molecule has 0 radical (unpaired) electrons. The second-order valence-corrected chi connectivity index (χ2v) is 6.50. The molecule has 1 aliphatic rings. The molecule has 3 rings (SSSR count). The Labute approximate surface area is 137 Å². The predicted octanol–water partition coefficient (Wildman–Crippen LogP) is 2.52. The van der Waals surface area contributed by atoms with Crippen LogP contribution in [-0.2, 0) is 10.1 Å². The molecule has 2 aromatic carbocycles. The number of fused-ring (bicyclic) bond motifs is 1. The number of benzene rings is 2. The fourth-order valence-corrected chi connectivity index (χ4v) is 3.06. The van der Waals surface area contributed by atoms with Crippen molar-refractivity contribution in [2.24, 2.45) is 0 Å². The summed E-state index contributed by atoms with van der Waals surface area (Å²) < 4.78 is 40.6. The van der Waals surface area contributed by atoms with E-state index in [0.29, 0.717) is 31.1 Å². The fraction of sp³-hybridized carbons (Fsp3) is 0.200. The van der Waals surface area contributed by atoms with Crippen molar-refractivity contribution in [1.29, 1.82) is 0 Å². The van der Waals surface area contributed by atoms with E-state index >= 15 is 0 Å². The summed E-state index contributed by atoms with van der Waals surface area (Å²) >= 11 is 0. The Morgan fingerprint density at radius 3 is 2.54 bits per heavy atom. The second-order valence-electron chi connectivity index (χ2n) is 4.95. The maximum Gasteiger partial charge on any atom is 0.339 e. The first-order valence-electron chi connectivity index (χ1n) is 7.04. The van der Waals surface area contributed by atoms with Crippen LogP contribution in [0.15, 0.2) is 47.4 Å². The molecule has 24 heavy (non-hydrogen) atoms. The second kappa shape index (κ2) is 6.36. The summed E-state index contributed by atoms with van der Waals surface area (Å²) in [4.78, 5) is 9.99. The van der Waals surface area contributed by atoms with Gasteiger partial charge in [0, 0.05) is 18.6 Å². The van der Waals surface area contributed by atoms with E-state index in [1.807, 2.05) is 0 Å². The van der Waals surface area contributed by atoms with E-state index in [1.165, 1.54) is 36.4 Å². The zero-order valence-electron chi connectivity index (χ0n) is 12.4. The summed E-state index contributed by atoms with van der Waals surface area (Å²) in [5, 5.41) is 10.8. The van der Waals surface area contributed by atoms with Gasteiger partial charge in [0.25, 0.3) is 5.69 Å². The number of hydrogen-bond donors (Lipinski definition) is 0. The van der Waals surface area contributed by atoms with E-state index in [2.05, 4.69) is 0 Å². The lowest BCUT2D eigenvalue weighted by Crippen LogP contribution is -2.10. The molecule has 1 aliphatic heterocycles. The molecule has 0 saturated heterocycles. The van der Waals surface area contributed by atoms with Gasteiger partial charge >= 0.3 is 10.1 Å². The summed E-state index contributed by atoms with van der Waals surface area (Å²) in [7, 11) is -4.16. The molecule has 9 heteroatoms. The minimum Gasteiger partial charge on any atom is -0.490 e. The molecule has 0 amide bonds. The quantitative estimate of drug-likeness (QED) is 0.473. The first kappa shape index (κ1) is 16.1. The zero-order chi connectivity index (χ0) is 17.2. The minimum absolute atomic E-state index is 0.127. The van der Waals surface area contributed by atoms with E-state index in [0.717, 1.165) is 6.07 Å². The van der Waals surface area contributed by atoms with Gasteiger partial charge in [-0.1, -0.05) is 6.07 Å². The molecule has 0 saturated carbocycles. The Kier molecular flexibility index (Phi) is 4.26. The van der Waals surface area contributed by atoms with Crippen LogP contribution < -0.4 is 13.7 Å². The van der Waals surface area contributed by atoms with Crippen LogP contribution in [0.25, 0.3) is 0 Å². The van der Waals surface area contributed by atoms with Gasteiger partial charge < -0.3 is 13.7 Å². The van der Waals surface area contributed by atoms with Crippen molar-refractivity contribution in [3.05, 3.63) is 52.6 Å². The number of nitrogens with zero attached hydrogens (tertiary/aromatic N) is 1. The van der Waals surface area contributed by atoms with Gasteiger partial charge in [-0.05, 0) is 18.2 Å². The van der Waals surface area contributed by atoms with E-state index in [1.54, 1.807) is 0 Å². The van der Waals surface area contributed by atoms with Gasteiger partial charge in [-0.3, -0.25) is 10.1 Å². The van der Waals surface area contributed by atoms with Crippen LogP contribution in [0, 0.1) is 10.1 Å². The monoisotopic (exact) mass is 351 g/mol. The molecular weight excluding hydrogens is 338 g/mol. The van der Waals surface area contributed by atoms with Crippen molar-refractivity contribution in [3.8, 4) is 17.2 Å². The number of nitro groups is 1. The Morgan fingerprint density at radius 1 is 1.04 bits per heavy atom. The standard InChI is InChI=1S/C15H13NO7S/c17-16(18)11-3-1-4-12(9-11)23-24(19,20)13-5-6-14-15(10-13)22-8-2-7-21-14/h1,3-6,9-10H,2,7-8H2. The fourth-order valence-electron chi connectivity index (χ4n) is 2.12. The summed E-state index contributed by atoms with van der Waals surface area (Å²) in [6, 6.07) is 9.09.